The minimum absolute atomic E-state index is 0.199. The first kappa shape index (κ1) is 14.5. The third kappa shape index (κ3) is 4.95. The van der Waals surface area contributed by atoms with Crippen LogP contribution in [0, 0.1) is 5.82 Å². The summed E-state index contributed by atoms with van der Waals surface area (Å²) in [7, 11) is 0. The molecule has 1 aromatic carbocycles. The summed E-state index contributed by atoms with van der Waals surface area (Å²) in [6, 6.07) is 11.0. The molecule has 0 spiro atoms. The highest BCUT2D eigenvalue weighted by Gasteiger charge is 2.08. The average molecular weight is 296 g/mol. The molecule has 3 N–H and O–H groups in total. The number of benzene rings is 1. The van der Waals surface area contributed by atoms with Crippen LogP contribution >= 0.6 is 23.1 Å². The number of thiophene rings is 1. The van der Waals surface area contributed by atoms with Gasteiger partial charge in [0.25, 0.3) is 0 Å². The van der Waals surface area contributed by atoms with Crippen molar-refractivity contribution in [3.63, 3.8) is 0 Å². The molecule has 5 heteroatoms. The number of hydrogen-bond acceptors (Lipinski definition) is 4. The van der Waals surface area contributed by atoms with Crippen LogP contribution in [0.2, 0.25) is 0 Å². The molecule has 1 unspecified atom stereocenters. The molecule has 2 nitrogen and oxygen atoms in total. The Morgan fingerprint density at radius 3 is 2.68 bits per heavy atom. The number of halogens is 1. The van der Waals surface area contributed by atoms with E-state index in [1.165, 1.54) is 17.0 Å². The molecule has 1 heterocycles. The van der Waals surface area contributed by atoms with Crippen LogP contribution in [-0.4, -0.2) is 11.8 Å². The molecule has 0 bridgehead atoms. The lowest BCUT2D eigenvalue weighted by Crippen LogP contribution is -2.37. The molecule has 1 atom stereocenters. The van der Waals surface area contributed by atoms with Crippen LogP contribution in [0.5, 0.6) is 0 Å². The third-order valence-corrected chi connectivity index (χ3v) is 4.93. The maximum absolute atomic E-state index is 12.8. The molecule has 0 fully saturated rings. The van der Waals surface area contributed by atoms with Gasteiger partial charge in [-0.05, 0) is 48.6 Å². The molecule has 0 aliphatic heterocycles. The second-order valence-electron chi connectivity index (χ2n) is 4.25. The summed E-state index contributed by atoms with van der Waals surface area (Å²) >= 11 is 3.47. The van der Waals surface area contributed by atoms with Gasteiger partial charge in [-0.25, -0.2) is 4.39 Å². The first-order chi connectivity index (χ1) is 9.28. The summed E-state index contributed by atoms with van der Waals surface area (Å²) in [5.74, 6) is 6.26. The predicted molar refractivity (Wildman–Crippen MR) is 80.9 cm³/mol. The SMILES string of the molecule is NNC(CCc1cccs1)CSc1ccc(F)cc1. The van der Waals surface area contributed by atoms with Gasteiger partial charge in [0.15, 0.2) is 0 Å². The maximum Gasteiger partial charge on any atom is 0.123 e. The van der Waals surface area contributed by atoms with Crippen molar-refractivity contribution in [2.45, 2.75) is 23.8 Å². The van der Waals surface area contributed by atoms with Gasteiger partial charge in [0.1, 0.15) is 5.82 Å². The lowest BCUT2D eigenvalue weighted by atomic mass is 10.2. The van der Waals surface area contributed by atoms with E-state index in [-0.39, 0.29) is 11.9 Å². The Labute approximate surface area is 121 Å². The van der Waals surface area contributed by atoms with Crippen molar-refractivity contribution in [2.24, 2.45) is 5.84 Å². The Morgan fingerprint density at radius 2 is 2.05 bits per heavy atom. The smallest absolute Gasteiger partial charge is 0.123 e. The van der Waals surface area contributed by atoms with Crippen LogP contribution in [0.15, 0.2) is 46.7 Å². The molecule has 0 saturated carbocycles. The lowest BCUT2D eigenvalue weighted by Gasteiger charge is -2.14. The van der Waals surface area contributed by atoms with Gasteiger partial charge >= 0.3 is 0 Å². The summed E-state index contributed by atoms with van der Waals surface area (Å²) in [6.07, 6.45) is 2.04. The van der Waals surface area contributed by atoms with E-state index in [0.29, 0.717) is 0 Å². The highest BCUT2D eigenvalue weighted by atomic mass is 32.2. The zero-order chi connectivity index (χ0) is 13.5. The molecule has 102 valence electrons. The second-order valence-corrected chi connectivity index (χ2v) is 6.37. The van der Waals surface area contributed by atoms with Crippen LogP contribution in [0.25, 0.3) is 0 Å². The highest BCUT2D eigenvalue weighted by molar-refractivity contribution is 7.99. The van der Waals surface area contributed by atoms with E-state index in [0.717, 1.165) is 23.5 Å². The fraction of sp³-hybridized carbons (Fsp3) is 0.286. The molecule has 0 aliphatic rings. The minimum atomic E-state index is -0.199. The largest absolute Gasteiger partial charge is 0.271 e. The number of nitrogens with one attached hydrogen (secondary N) is 1. The van der Waals surface area contributed by atoms with Gasteiger partial charge in [0.2, 0.25) is 0 Å². The summed E-state index contributed by atoms with van der Waals surface area (Å²) in [5, 5.41) is 2.09. The first-order valence-corrected chi connectivity index (χ1v) is 8.01. The number of thioether (sulfide) groups is 1. The van der Waals surface area contributed by atoms with E-state index in [1.807, 2.05) is 0 Å². The number of hydrazine groups is 1. The summed E-state index contributed by atoms with van der Waals surface area (Å²) in [5.41, 5.74) is 2.86. The Kier molecular flexibility index (Phi) is 5.85. The Bertz CT molecular complexity index is 471. The van der Waals surface area contributed by atoms with Crippen molar-refractivity contribution in [2.75, 3.05) is 5.75 Å². The first-order valence-electron chi connectivity index (χ1n) is 6.15. The topological polar surface area (TPSA) is 38.0 Å². The normalized spacial score (nSPS) is 12.5. The third-order valence-electron chi connectivity index (χ3n) is 2.82. The zero-order valence-electron chi connectivity index (χ0n) is 10.5. The van der Waals surface area contributed by atoms with Crippen molar-refractivity contribution >= 4 is 23.1 Å². The van der Waals surface area contributed by atoms with Crippen molar-refractivity contribution < 1.29 is 4.39 Å². The molecule has 0 saturated heterocycles. The van der Waals surface area contributed by atoms with Gasteiger partial charge in [0, 0.05) is 21.6 Å². The maximum atomic E-state index is 12.8. The van der Waals surface area contributed by atoms with Gasteiger partial charge in [-0.2, -0.15) is 0 Å². The number of nitrogens with two attached hydrogens (primary N) is 1. The number of rotatable bonds is 7. The van der Waals surface area contributed by atoms with Gasteiger partial charge in [-0.1, -0.05) is 6.07 Å². The van der Waals surface area contributed by atoms with Crippen molar-refractivity contribution in [1.29, 1.82) is 0 Å². The van der Waals surface area contributed by atoms with Gasteiger partial charge < -0.3 is 0 Å². The molecular formula is C14H17FN2S2. The van der Waals surface area contributed by atoms with E-state index in [2.05, 4.69) is 22.9 Å². The lowest BCUT2D eigenvalue weighted by molar-refractivity contribution is 0.541. The van der Waals surface area contributed by atoms with Crippen LogP contribution in [0.3, 0.4) is 0 Å². The van der Waals surface area contributed by atoms with Crippen molar-refractivity contribution in [3.05, 3.63) is 52.5 Å². The molecule has 2 aromatic rings. The quantitative estimate of drug-likeness (QED) is 0.467. The minimum Gasteiger partial charge on any atom is -0.271 e. The summed E-state index contributed by atoms with van der Waals surface area (Å²) < 4.78 is 12.8. The zero-order valence-corrected chi connectivity index (χ0v) is 12.1. The Morgan fingerprint density at radius 1 is 1.26 bits per heavy atom. The molecule has 2 rings (SSSR count). The van der Waals surface area contributed by atoms with E-state index in [9.17, 15) is 4.39 Å². The van der Waals surface area contributed by atoms with Gasteiger partial charge in [0.05, 0.1) is 0 Å². The van der Waals surface area contributed by atoms with Gasteiger partial charge in [-0.15, -0.1) is 23.1 Å². The fourth-order valence-corrected chi connectivity index (χ4v) is 3.42. The van der Waals surface area contributed by atoms with Crippen LogP contribution in [0.1, 0.15) is 11.3 Å². The van der Waals surface area contributed by atoms with Crippen LogP contribution in [-0.2, 0) is 6.42 Å². The fourth-order valence-electron chi connectivity index (χ4n) is 1.71. The van der Waals surface area contributed by atoms with Crippen molar-refractivity contribution in [1.82, 2.24) is 5.43 Å². The van der Waals surface area contributed by atoms with Gasteiger partial charge in [-0.3, -0.25) is 11.3 Å². The Balaban J connectivity index is 1.77. The predicted octanol–water partition coefficient (Wildman–Crippen LogP) is 3.44. The van der Waals surface area contributed by atoms with E-state index in [1.54, 1.807) is 35.2 Å². The van der Waals surface area contributed by atoms with Crippen molar-refractivity contribution in [3.8, 4) is 0 Å². The van der Waals surface area contributed by atoms with Crippen LogP contribution in [0.4, 0.5) is 4.39 Å². The van der Waals surface area contributed by atoms with E-state index in [4.69, 9.17) is 5.84 Å². The number of aryl methyl sites for hydroxylation is 1. The molecule has 0 radical (unpaired) electrons. The molecule has 19 heavy (non-hydrogen) atoms. The second kappa shape index (κ2) is 7.65. The molecule has 0 amide bonds. The summed E-state index contributed by atoms with van der Waals surface area (Å²) in [4.78, 5) is 2.45. The van der Waals surface area contributed by atoms with Crippen LogP contribution < -0.4 is 11.3 Å². The average Bonchev–Trinajstić information content (AvgIpc) is 2.94. The molecule has 0 aliphatic carbocycles. The highest BCUT2D eigenvalue weighted by Crippen LogP contribution is 2.20. The number of hydrogen-bond donors (Lipinski definition) is 2. The van der Waals surface area contributed by atoms with E-state index >= 15 is 0 Å². The standard InChI is InChI=1S/C14H17FN2S2/c15-11-3-6-14(7-4-11)19-10-12(17-16)5-8-13-2-1-9-18-13/h1-4,6-7,9,12,17H,5,8,10,16H2. The molecule has 1 aromatic heterocycles. The van der Waals surface area contributed by atoms with E-state index < -0.39 is 0 Å². The summed E-state index contributed by atoms with van der Waals surface area (Å²) in [6.45, 7) is 0. The Hall–Kier alpha value is -0.880. The molecular weight excluding hydrogens is 279 g/mol. The monoisotopic (exact) mass is 296 g/mol.